The van der Waals surface area contributed by atoms with E-state index >= 15 is 0 Å². The summed E-state index contributed by atoms with van der Waals surface area (Å²) >= 11 is 6.01. The largest absolute Gasteiger partial charge is 0.311 e. The fourth-order valence-electron chi connectivity index (χ4n) is 17.2. The molecule has 18 aromatic carbocycles. The summed E-state index contributed by atoms with van der Waals surface area (Å²) in [5.74, 6) is 0. The van der Waals surface area contributed by atoms with Gasteiger partial charge in [0.15, 0.2) is 0 Å². The number of fused-ring (bicyclic) bond motifs is 15. The Balaban J connectivity index is 0.000000154. The maximum Gasteiger partial charge on any atom is 0.0462 e. The summed E-state index contributed by atoms with van der Waals surface area (Å²) in [6, 6.07) is 135. The molecule has 0 bridgehead atoms. The second-order valence-corrected chi connectivity index (χ2v) is 31.1. The average molecular weight is 1450 g/mol. The second-order valence-electron chi connectivity index (χ2n) is 30.6. The van der Waals surface area contributed by atoms with Crippen LogP contribution in [0.3, 0.4) is 0 Å². The first-order valence-electron chi connectivity index (χ1n) is 39.0. The monoisotopic (exact) mass is 1450 g/mol. The molecule has 2 aliphatic rings. The average Bonchev–Trinajstić information content (AvgIpc) is 1.66. The molecule has 1 nitrogen and oxygen atoms in total. The van der Waals surface area contributed by atoms with Crippen molar-refractivity contribution in [2.45, 2.75) is 86.0 Å². The van der Waals surface area contributed by atoms with Crippen LogP contribution in [0.5, 0.6) is 0 Å². The molecule has 0 saturated carbocycles. The Morgan fingerprint density at radius 1 is 0.243 bits per heavy atom. The van der Waals surface area contributed by atoms with Gasteiger partial charge in [-0.3, -0.25) is 0 Å². The molecule has 0 N–H and O–H groups in total. The summed E-state index contributed by atoms with van der Waals surface area (Å²) in [6.07, 6.45) is 4.08. The number of nitrogens with zero attached hydrogens (tertiary/aromatic N) is 1. The lowest BCUT2D eigenvalue weighted by molar-refractivity contribution is 0.660. The third kappa shape index (κ3) is 13.9. The number of benzene rings is 18. The fourth-order valence-corrected chi connectivity index (χ4v) is 17.3. The Hall–Kier alpha value is -12.4. The van der Waals surface area contributed by atoms with Crippen LogP contribution in [-0.4, -0.2) is 0 Å². The van der Waals surface area contributed by atoms with E-state index in [1.165, 1.54) is 190 Å². The normalized spacial score (nSPS) is 12.5. The molecule has 111 heavy (non-hydrogen) atoms. The number of hydrogen-bond donors (Lipinski definition) is 0. The van der Waals surface area contributed by atoms with Gasteiger partial charge in [0.2, 0.25) is 0 Å². The first kappa shape index (κ1) is 72.8. The summed E-state index contributed by atoms with van der Waals surface area (Å²) in [5.41, 5.74) is 28.2. The van der Waals surface area contributed by atoms with E-state index in [9.17, 15) is 0 Å². The van der Waals surface area contributed by atoms with Crippen molar-refractivity contribution in [2.75, 3.05) is 4.90 Å². The summed E-state index contributed by atoms with van der Waals surface area (Å²) in [7, 11) is 0. The molecular formula is C109H92ClN. The minimum atomic E-state index is -0.0464. The predicted octanol–water partition coefficient (Wildman–Crippen LogP) is 32.2. The highest BCUT2D eigenvalue weighted by atomic mass is 35.5. The molecule has 2 heteroatoms. The zero-order valence-electron chi connectivity index (χ0n) is 63.7. The van der Waals surface area contributed by atoms with Crippen molar-refractivity contribution in [2.24, 2.45) is 0 Å². The van der Waals surface area contributed by atoms with Gasteiger partial charge >= 0.3 is 0 Å². The zero-order valence-corrected chi connectivity index (χ0v) is 64.4. The molecule has 0 radical (unpaired) electrons. The highest BCUT2D eigenvalue weighted by Crippen LogP contribution is 2.52. The van der Waals surface area contributed by atoms with Crippen LogP contribution in [0.4, 0.5) is 17.1 Å². The van der Waals surface area contributed by atoms with E-state index in [0.717, 1.165) is 22.1 Å². The summed E-state index contributed by atoms with van der Waals surface area (Å²) in [4.78, 5) is 2.39. The molecule has 2 aliphatic carbocycles. The van der Waals surface area contributed by atoms with Crippen LogP contribution in [0.2, 0.25) is 5.02 Å². The Morgan fingerprint density at radius 2 is 0.514 bits per heavy atom. The van der Waals surface area contributed by atoms with Crippen molar-refractivity contribution in [1.82, 2.24) is 0 Å². The Morgan fingerprint density at radius 3 is 0.856 bits per heavy atom. The van der Waals surface area contributed by atoms with Gasteiger partial charge in [0.1, 0.15) is 0 Å². The van der Waals surface area contributed by atoms with Crippen molar-refractivity contribution in [3.05, 3.63) is 403 Å². The van der Waals surface area contributed by atoms with Gasteiger partial charge in [0.05, 0.1) is 0 Å². The lowest BCUT2D eigenvalue weighted by atomic mass is 9.81. The number of rotatable bonds is 10. The lowest BCUT2D eigenvalue weighted by Gasteiger charge is -2.26. The highest BCUT2D eigenvalue weighted by molar-refractivity contribution is 6.30. The molecule has 0 atom stereocenters. The first-order valence-corrected chi connectivity index (χ1v) is 39.3. The minimum Gasteiger partial charge on any atom is -0.311 e. The van der Waals surface area contributed by atoms with Gasteiger partial charge in [-0.1, -0.05) is 377 Å². The van der Waals surface area contributed by atoms with Gasteiger partial charge in [-0.15, -0.1) is 0 Å². The van der Waals surface area contributed by atoms with Crippen LogP contribution in [0.15, 0.2) is 370 Å². The highest BCUT2D eigenvalue weighted by Gasteiger charge is 2.37. The second kappa shape index (κ2) is 30.9. The van der Waals surface area contributed by atoms with Gasteiger partial charge < -0.3 is 4.90 Å². The molecule has 0 aromatic heterocycles. The quantitative estimate of drug-likeness (QED) is 0.123. The van der Waals surface area contributed by atoms with E-state index in [1.807, 2.05) is 12.1 Å². The third-order valence-electron chi connectivity index (χ3n) is 23.1. The number of anilines is 3. The fraction of sp³-hybridized carbons (Fsp3) is 0.119. The Bertz CT molecular complexity index is 6270. The van der Waals surface area contributed by atoms with E-state index in [2.05, 4.69) is 411 Å². The van der Waals surface area contributed by atoms with Crippen molar-refractivity contribution in [1.29, 1.82) is 0 Å². The number of unbranched alkanes of at least 4 members (excludes halogenated alkanes) is 2. The predicted molar refractivity (Wildman–Crippen MR) is 483 cm³/mol. The molecule has 18 aromatic rings. The molecule has 540 valence electrons. The van der Waals surface area contributed by atoms with Crippen molar-refractivity contribution in [3.8, 4) is 77.9 Å². The maximum absolute atomic E-state index is 6.01. The SMILES string of the molecule is C.CC1(C)c2ccccc2-c2ccc(-c3ccc(N(c4ccc(-c5cc6ccccc6c6ccccc56)cc4)c4ccc(-c5cc6ccccc6c6ccccc56)cc4)cc3)cc21.CCCCC.Cc1ccc(-c2ccc3c(c2)C(C)(C)c2ccccc2-3)cc1.Clc1ccc(-c2cc3ccccc3c3ccccc23)cc1. The maximum atomic E-state index is 6.01. The van der Waals surface area contributed by atoms with Gasteiger partial charge in [0, 0.05) is 32.9 Å². The van der Waals surface area contributed by atoms with Gasteiger partial charge in [-0.05, 0) is 251 Å². The van der Waals surface area contributed by atoms with E-state index in [0.29, 0.717) is 0 Å². The van der Waals surface area contributed by atoms with Gasteiger partial charge in [-0.25, -0.2) is 0 Å². The standard InChI is InChI=1S/C61H43N.C22H20.C20H13Cl.C5H12.CH4/c1-61(2)59-22-12-11-21-55(59)56-36-29-43(39-60(56)61)40-23-30-46(31-24-40)62(47-32-25-41(26-33-47)57-37-44-13-3-5-15-49(44)51-17-7-9-19-53(51)57)48-34-27-42(28-35-48)58-38-45-14-4-6-16-50(45)52-18-8-10-20-54(52)58;1-15-8-10-16(11-9-15)17-12-13-19-18-6-4-5-7-20(18)22(2,3)21(19)14-17;21-16-11-9-14(10-12-16)20-13-15-5-1-2-6-17(15)18-7-3-4-8-19(18)20;1-3-5-4-2;/h3-39H,1-2H3;4-14H,1-3H3;1-13H;3-5H2,1-2H3;1H4. The molecule has 20 rings (SSSR count). The molecule has 0 spiro atoms. The third-order valence-corrected chi connectivity index (χ3v) is 23.3. The van der Waals surface area contributed by atoms with Crippen molar-refractivity contribution < 1.29 is 0 Å². The lowest BCUT2D eigenvalue weighted by Crippen LogP contribution is -2.14. The molecule has 0 amide bonds. The number of hydrogen-bond acceptors (Lipinski definition) is 1. The van der Waals surface area contributed by atoms with E-state index in [4.69, 9.17) is 11.6 Å². The van der Waals surface area contributed by atoms with Gasteiger partial charge in [0.25, 0.3) is 0 Å². The molecule has 0 fully saturated rings. The van der Waals surface area contributed by atoms with E-state index in [-0.39, 0.29) is 18.3 Å². The molecule has 0 saturated heterocycles. The smallest absolute Gasteiger partial charge is 0.0462 e. The summed E-state index contributed by atoms with van der Waals surface area (Å²) in [6.45, 7) is 15.9. The van der Waals surface area contributed by atoms with Crippen LogP contribution in [0.25, 0.3) is 143 Å². The molecule has 0 aliphatic heterocycles. The molecule has 0 unspecified atom stereocenters. The van der Waals surface area contributed by atoms with Crippen LogP contribution in [0.1, 0.15) is 96.0 Å². The van der Waals surface area contributed by atoms with Crippen LogP contribution in [-0.2, 0) is 10.8 Å². The zero-order chi connectivity index (χ0) is 75.0. The van der Waals surface area contributed by atoms with Crippen LogP contribution >= 0.6 is 11.6 Å². The van der Waals surface area contributed by atoms with Gasteiger partial charge in [-0.2, -0.15) is 0 Å². The van der Waals surface area contributed by atoms with Crippen LogP contribution < -0.4 is 4.90 Å². The molecule has 0 heterocycles. The Labute approximate surface area is 660 Å². The van der Waals surface area contributed by atoms with Crippen molar-refractivity contribution >= 4 is 93.3 Å². The topological polar surface area (TPSA) is 3.24 Å². The molecular weight excluding hydrogens is 1360 g/mol. The minimum absolute atomic E-state index is 0. The number of aryl methyl sites for hydroxylation is 1. The first-order chi connectivity index (χ1) is 53.8. The number of halogens is 1. The van der Waals surface area contributed by atoms with Crippen molar-refractivity contribution in [3.63, 3.8) is 0 Å². The van der Waals surface area contributed by atoms with E-state index < -0.39 is 0 Å². The Kier molecular flexibility index (Phi) is 20.3. The van der Waals surface area contributed by atoms with Crippen LogP contribution in [0, 0.1) is 6.92 Å². The van der Waals surface area contributed by atoms with E-state index in [1.54, 1.807) is 0 Å². The summed E-state index contributed by atoms with van der Waals surface area (Å²) < 4.78 is 0. The summed E-state index contributed by atoms with van der Waals surface area (Å²) in [5, 5.41) is 16.1.